The maximum absolute atomic E-state index is 12.1. The van der Waals surface area contributed by atoms with Crippen molar-refractivity contribution >= 4 is 40.1 Å². The van der Waals surface area contributed by atoms with Gasteiger partial charge in [0.15, 0.2) is 10.9 Å². The van der Waals surface area contributed by atoms with Crippen molar-refractivity contribution in [1.82, 2.24) is 14.8 Å². The zero-order valence-electron chi connectivity index (χ0n) is 11.0. The first-order chi connectivity index (χ1) is 9.70. The van der Waals surface area contributed by atoms with Crippen LogP contribution in [-0.4, -0.2) is 40.0 Å². The largest absolute Gasteiger partial charge is 0.383 e. The number of ether oxygens (including phenoxy) is 1. The van der Waals surface area contributed by atoms with E-state index in [0.29, 0.717) is 18.9 Å². The molecule has 0 fully saturated rings. The van der Waals surface area contributed by atoms with Crippen molar-refractivity contribution in [1.29, 1.82) is 0 Å². The monoisotopic (exact) mass is 403 g/mol. The highest BCUT2D eigenvalue weighted by molar-refractivity contribution is 14.1. The van der Waals surface area contributed by atoms with Crippen LogP contribution in [0.5, 0.6) is 0 Å². The lowest BCUT2D eigenvalue weighted by molar-refractivity contribution is 0.102. The molecule has 1 aromatic carbocycles. The maximum atomic E-state index is 12.1. The summed E-state index contributed by atoms with van der Waals surface area (Å²) in [6, 6.07) is 7.56. The standard InChI is InChI=1S/C13H14IN3O2S/c1-19-7-6-17-9-15-16-13(17)20-8-12(18)10-2-4-11(14)5-3-10/h2-5,9H,6-8H2,1H3. The fourth-order valence-corrected chi connectivity index (χ4v) is 2.74. The molecule has 0 unspecified atom stereocenters. The Morgan fingerprint density at radius 2 is 2.15 bits per heavy atom. The number of Topliss-reactive ketones (excluding diaryl/α,β-unsaturated/α-hetero) is 1. The Morgan fingerprint density at radius 1 is 1.40 bits per heavy atom. The predicted molar refractivity (Wildman–Crippen MR) is 86.1 cm³/mol. The van der Waals surface area contributed by atoms with E-state index in [2.05, 4.69) is 32.8 Å². The number of hydrogen-bond acceptors (Lipinski definition) is 5. The van der Waals surface area contributed by atoms with Crippen LogP contribution in [-0.2, 0) is 11.3 Å². The third kappa shape index (κ3) is 4.29. The van der Waals surface area contributed by atoms with Crippen molar-refractivity contribution in [2.45, 2.75) is 11.7 Å². The number of benzene rings is 1. The Morgan fingerprint density at radius 3 is 2.85 bits per heavy atom. The molecule has 2 rings (SSSR count). The highest BCUT2D eigenvalue weighted by atomic mass is 127. The summed E-state index contributed by atoms with van der Waals surface area (Å²) >= 11 is 3.61. The summed E-state index contributed by atoms with van der Waals surface area (Å²) in [5.74, 6) is 0.444. The Kier molecular flexibility index (Phi) is 5.99. The SMILES string of the molecule is COCCn1cnnc1SCC(=O)c1ccc(I)cc1. The summed E-state index contributed by atoms with van der Waals surface area (Å²) in [5.41, 5.74) is 0.723. The van der Waals surface area contributed by atoms with Crippen LogP contribution in [0.3, 0.4) is 0 Å². The predicted octanol–water partition coefficient (Wildman–Crippen LogP) is 2.50. The molecule has 0 saturated heterocycles. The van der Waals surface area contributed by atoms with Crippen LogP contribution in [0.15, 0.2) is 35.7 Å². The molecule has 20 heavy (non-hydrogen) atoms. The normalized spacial score (nSPS) is 10.7. The van der Waals surface area contributed by atoms with Crippen LogP contribution in [0.25, 0.3) is 0 Å². The van der Waals surface area contributed by atoms with Crippen LogP contribution in [0.1, 0.15) is 10.4 Å². The summed E-state index contributed by atoms with van der Waals surface area (Å²) in [7, 11) is 1.65. The zero-order chi connectivity index (χ0) is 14.4. The lowest BCUT2D eigenvalue weighted by Gasteiger charge is -2.05. The molecule has 1 heterocycles. The maximum Gasteiger partial charge on any atom is 0.191 e. The second-order valence-corrected chi connectivity index (χ2v) is 6.21. The first-order valence-electron chi connectivity index (χ1n) is 5.99. The highest BCUT2D eigenvalue weighted by Crippen LogP contribution is 2.17. The van der Waals surface area contributed by atoms with Gasteiger partial charge in [-0.2, -0.15) is 0 Å². The van der Waals surface area contributed by atoms with E-state index >= 15 is 0 Å². The molecule has 0 spiro atoms. The number of ketones is 1. The molecule has 0 N–H and O–H groups in total. The second kappa shape index (κ2) is 7.75. The van der Waals surface area contributed by atoms with Gasteiger partial charge in [0.1, 0.15) is 6.33 Å². The number of methoxy groups -OCH3 is 1. The number of rotatable bonds is 7. The van der Waals surface area contributed by atoms with E-state index in [-0.39, 0.29) is 5.78 Å². The van der Waals surface area contributed by atoms with E-state index in [1.54, 1.807) is 13.4 Å². The average molecular weight is 403 g/mol. The number of hydrogen-bond donors (Lipinski definition) is 0. The van der Waals surface area contributed by atoms with Crippen molar-refractivity contribution in [3.63, 3.8) is 0 Å². The van der Waals surface area contributed by atoms with Gasteiger partial charge in [-0.3, -0.25) is 4.79 Å². The van der Waals surface area contributed by atoms with Crippen LogP contribution < -0.4 is 0 Å². The summed E-state index contributed by atoms with van der Waals surface area (Å²) in [6.45, 7) is 1.28. The summed E-state index contributed by atoms with van der Waals surface area (Å²) in [4.78, 5) is 12.1. The molecule has 0 aliphatic rings. The Balaban J connectivity index is 1.93. The quantitative estimate of drug-likeness (QED) is 0.404. The average Bonchev–Trinajstić information content (AvgIpc) is 2.90. The van der Waals surface area contributed by atoms with E-state index in [9.17, 15) is 4.79 Å². The topological polar surface area (TPSA) is 57.0 Å². The lowest BCUT2D eigenvalue weighted by atomic mass is 10.2. The van der Waals surface area contributed by atoms with Crippen molar-refractivity contribution in [2.75, 3.05) is 19.5 Å². The number of nitrogens with zero attached hydrogens (tertiary/aromatic N) is 3. The van der Waals surface area contributed by atoms with Gasteiger partial charge in [-0.05, 0) is 34.7 Å². The molecule has 7 heteroatoms. The molecule has 0 saturated carbocycles. The molecule has 0 bridgehead atoms. The molecule has 0 aliphatic heterocycles. The number of aromatic nitrogens is 3. The minimum Gasteiger partial charge on any atom is -0.383 e. The van der Waals surface area contributed by atoms with Gasteiger partial charge in [-0.15, -0.1) is 10.2 Å². The molecule has 0 amide bonds. The molecule has 1 aromatic heterocycles. The van der Waals surface area contributed by atoms with Crippen LogP contribution >= 0.6 is 34.4 Å². The summed E-state index contributed by atoms with van der Waals surface area (Å²) in [5, 5.41) is 8.61. The number of thioether (sulfide) groups is 1. The van der Waals surface area contributed by atoms with Gasteiger partial charge in [0.2, 0.25) is 0 Å². The van der Waals surface area contributed by atoms with Gasteiger partial charge in [0.25, 0.3) is 0 Å². The van der Waals surface area contributed by atoms with Crippen molar-refractivity contribution < 1.29 is 9.53 Å². The fraction of sp³-hybridized carbons (Fsp3) is 0.308. The third-order valence-electron chi connectivity index (χ3n) is 2.61. The lowest BCUT2D eigenvalue weighted by Crippen LogP contribution is -2.07. The number of carbonyl (C=O) groups is 1. The highest BCUT2D eigenvalue weighted by Gasteiger charge is 2.10. The van der Waals surface area contributed by atoms with Gasteiger partial charge in [-0.1, -0.05) is 23.9 Å². The van der Waals surface area contributed by atoms with Gasteiger partial charge in [-0.25, -0.2) is 0 Å². The van der Waals surface area contributed by atoms with E-state index in [1.165, 1.54) is 11.8 Å². The van der Waals surface area contributed by atoms with Crippen molar-refractivity contribution in [2.24, 2.45) is 0 Å². The van der Waals surface area contributed by atoms with E-state index in [4.69, 9.17) is 4.74 Å². The van der Waals surface area contributed by atoms with E-state index < -0.39 is 0 Å². The molecule has 0 aliphatic carbocycles. The van der Waals surface area contributed by atoms with E-state index in [0.717, 1.165) is 14.3 Å². The zero-order valence-corrected chi connectivity index (χ0v) is 13.9. The molecular weight excluding hydrogens is 389 g/mol. The first-order valence-corrected chi connectivity index (χ1v) is 8.05. The Bertz CT molecular complexity index is 571. The second-order valence-electron chi connectivity index (χ2n) is 4.02. The first kappa shape index (κ1) is 15.5. The molecule has 0 atom stereocenters. The van der Waals surface area contributed by atoms with Crippen molar-refractivity contribution in [3.05, 3.63) is 39.7 Å². The molecular formula is C13H14IN3O2S. The van der Waals surface area contributed by atoms with Gasteiger partial charge >= 0.3 is 0 Å². The van der Waals surface area contributed by atoms with E-state index in [1.807, 2.05) is 28.8 Å². The van der Waals surface area contributed by atoms with Gasteiger partial charge in [0, 0.05) is 22.8 Å². The molecule has 106 valence electrons. The van der Waals surface area contributed by atoms with Gasteiger partial charge < -0.3 is 9.30 Å². The minimum absolute atomic E-state index is 0.0905. The fourth-order valence-electron chi connectivity index (χ4n) is 1.55. The Hall–Kier alpha value is -0.930. The van der Waals surface area contributed by atoms with Gasteiger partial charge in [0.05, 0.1) is 12.4 Å². The van der Waals surface area contributed by atoms with Crippen molar-refractivity contribution in [3.8, 4) is 0 Å². The molecule has 0 radical (unpaired) electrons. The number of halogens is 1. The minimum atomic E-state index is 0.0905. The number of carbonyl (C=O) groups excluding carboxylic acids is 1. The summed E-state index contributed by atoms with van der Waals surface area (Å²) in [6.07, 6.45) is 1.65. The third-order valence-corrected chi connectivity index (χ3v) is 4.31. The van der Waals surface area contributed by atoms with Crippen LogP contribution in [0.4, 0.5) is 0 Å². The van der Waals surface area contributed by atoms with Crippen LogP contribution in [0.2, 0.25) is 0 Å². The smallest absolute Gasteiger partial charge is 0.191 e. The molecule has 5 nitrogen and oxygen atoms in total. The molecule has 2 aromatic rings. The Labute approximate surface area is 135 Å². The summed E-state index contributed by atoms with van der Waals surface area (Å²) < 4.78 is 8.02. The van der Waals surface area contributed by atoms with Crippen LogP contribution in [0, 0.1) is 3.57 Å².